The molecule has 0 spiro atoms. The molecule has 16 heavy (non-hydrogen) atoms. The highest BCUT2D eigenvalue weighted by Crippen LogP contribution is 2.39. The fourth-order valence-electron chi connectivity index (χ4n) is 0.948. The molecule has 1 rings (SSSR count). The molecule has 0 aliphatic carbocycles. The molecular weight excluding hydrogens is 339 g/mol. The van der Waals surface area contributed by atoms with Gasteiger partial charge in [0.1, 0.15) is 10.7 Å². The van der Waals surface area contributed by atoms with E-state index in [1.807, 2.05) is 0 Å². The SMILES string of the molecule is O=S(=O)(Cl)c1cc(F)cc(C(F)(F)F)c1Br. The van der Waals surface area contributed by atoms with E-state index in [1.165, 1.54) is 0 Å². The molecule has 0 atom stereocenters. The van der Waals surface area contributed by atoms with Crippen LogP contribution in [0, 0.1) is 5.82 Å². The average molecular weight is 342 g/mol. The summed E-state index contributed by atoms with van der Waals surface area (Å²) in [6, 6.07) is 0.581. The molecule has 0 bridgehead atoms. The predicted octanol–water partition coefficient (Wildman–Crippen LogP) is 3.53. The van der Waals surface area contributed by atoms with E-state index < -0.39 is 36.0 Å². The van der Waals surface area contributed by atoms with Gasteiger partial charge in [-0.15, -0.1) is 0 Å². The second-order valence-electron chi connectivity index (χ2n) is 2.70. The minimum Gasteiger partial charge on any atom is -0.207 e. The summed E-state index contributed by atoms with van der Waals surface area (Å²) in [5.41, 5.74) is -1.44. The standard InChI is InChI=1S/C7H2BrClF4O2S/c8-6-4(7(11,12)13)1-3(10)2-5(6)16(9,14)15/h1-2H. The highest BCUT2D eigenvalue weighted by atomic mass is 79.9. The molecule has 0 unspecified atom stereocenters. The molecule has 0 radical (unpaired) electrons. The fraction of sp³-hybridized carbons (Fsp3) is 0.143. The Morgan fingerprint density at radius 3 is 2.12 bits per heavy atom. The smallest absolute Gasteiger partial charge is 0.207 e. The molecule has 90 valence electrons. The molecule has 0 aliphatic rings. The van der Waals surface area contributed by atoms with Crippen molar-refractivity contribution in [2.75, 3.05) is 0 Å². The lowest BCUT2D eigenvalue weighted by Crippen LogP contribution is -2.09. The van der Waals surface area contributed by atoms with Crippen LogP contribution in [0.3, 0.4) is 0 Å². The van der Waals surface area contributed by atoms with Crippen molar-refractivity contribution in [3.8, 4) is 0 Å². The summed E-state index contributed by atoms with van der Waals surface area (Å²) in [4.78, 5) is -0.957. The van der Waals surface area contributed by atoms with Gasteiger partial charge in [0, 0.05) is 15.2 Å². The van der Waals surface area contributed by atoms with Crippen LogP contribution >= 0.6 is 26.6 Å². The first kappa shape index (κ1) is 13.7. The molecule has 0 aliphatic heterocycles. The molecule has 0 amide bonds. The topological polar surface area (TPSA) is 34.1 Å². The first-order chi connectivity index (χ1) is 7.03. The van der Waals surface area contributed by atoms with Crippen LogP contribution in [0.15, 0.2) is 21.5 Å². The van der Waals surface area contributed by atoms with Crippen molar-refractivity contribution in [3.63, 3.8) is 0 Å². The van der Waals surface area contributed by atoms with E-state index >= 15 is 0 Å². The van der Waals surface area contributed by atoms with Crippen molar-refractivity contribution < 1.29 is 26.0 Å². The number of rotatable bonds is 1. The van der Waals surface area contributed by atoms with Crippen LogP contribution in [0.1, 0.15) is 5.56 Å². The summed E-state index contributed by atoms with van der Waals surface area (Å²) in [6.45, 7) is 0. The maximum Gasteiger partial charge on any atom is 0.417 e. The second kappa shape index (κ2) is 4.15. The monoisotopic (exact) mass is 340 g/mol. The number of alkyl halides is 3. The van der Waals surface area contributed by atoms with Crippen LogP contribution in [0.5, 0.6) is 0 Å². The lowest BCUT2D eigenvalue weighted by atomic mass is 10.2. The maximum atomic E-state index is 12.8. The molecule has 1 aromatic rings. The highest BCUT2D eigenvalue weighted by Gasteiger charge is 2.36. The van der Waals surface area contributed by atoms with Crippen molar-refractivity contribution in [2.24, 2.45) is 0 Å². The molecule has 0 N–H and O–H groups in total. The first-order valence-corrected chi connectivity index (χ1v) is 6.64. The molecule has 1 aromatic carbocycles. The van der Waals surface area contributed by atoms with E-state index in [-0.39, 0.29) is 6.07 Å². The Kier molecular flexibility index (Phi) is 3.56. The molecule has 2 nitrogen and oxygen atoms in total. The first-order valence-electron chi connectivity index (χ1n) is 3.54. The lowest BCUT2D eigenvalue weighted by Gasteiger charge is -2.11. The normalized spacial score (nSPS) is 12.9. The third-order valence-electron chi connectivity index (χ3n) is 1.57. The van der Waals surface area contributed by atoms with Gasteiger partial charge >= 0.3 is 6.18 Å². The summed E-state index contributed by atoms with van der Waals surface area (Å²) in [6.07, 6.45) is -4.88. The Hall–Kier alpha value is -0.340. The van der Waals surface area contributed by atoms with Gasteiger partial charge in [-0.25, -0.2) is 12.8 Å². The largest absolute Gasteiger partial charge is 0.417 e. The maximum absolute atomic E-state index is 12.8. The lowest BCUT2D eigenvalue weighted by molar-refractivity contribution is -0.138. The molecule has 9 heteroatoms. The van der Waals surface area contributed by atoms with Gasteiger partial charge in [0.25, 0.3) is 9.05 Å². The number of benzene rings is 1. The average Bonchev–Trinajstić information content (AvgIpc) is 2.04. The fourth-order valence-corrected chi connectivity index (χ4v) is 3.26. The summed E-state index contributed by atoms with van der Waals surface area (Å²) >= 11 is 2.44. The molecule has 0 fully saturated rings. The van der Waals surface area contributed by atoms with Crippen molar-refractivity contribution in [1.29, 1.82) is 0 Å². The molecule has 0 saturated carbocycles. The van der Waals surface area contributed by atoms with Gasteiger partial charge in [0.2, 0.25) is 0 Å². The molecular formula is C7H2BrClF4O2S. The van der Waals surface area contributed by atoms with Gasteiger partial charge in [0.05, 0.1) is 5.56 Å². The predicted molar refractivity (Wildman–Crippen MR) is 52.1 cm³/mol. The highest BCUT2D eigenvalue weighted by molar-refractivity contribution is 9.10. The zero-order chi connectivity index (χ0) is 12.7. The van der Waals surface area contributed by atoms with E-state index in [9.17, 15) is 26.0 Å². The zero-order valence-electron chi connectivity index (χ0n) is 7.15. The Bertz CT molecular complexity index is 526. The summed E-state index contributed by atoms with van der Waals surface area (Å²) in [7, 11) is 0.413. The minimum atomic E-state index is -4.88. The van der Waals surface area contributed by atoms with Crippen LogP contribution in [0.2, 0.25) is 0 Å². The van der Waals surface area contributed by atoms with Crippen LogP contribution in [-0.2, 0) is 15.2 Å². The van der Waals surface area contributed by atoms with Gasteiger partial charge in [-0.3, -0.25) is 0 Å². The Morgan fingerprint density at radius 2 is 1.75 bits per heavy atom. The number of hydrogen-bond donors (Lipinski definition) is 0. The zero-order valence-corrected chi connectivity index (χ0v) is 10.3. The Morgan fingerprint density at radius 1 is 1.25 bits per heavy atom. The Balaban J connectivity index is 3.64. The number of halogens is 6. The van der Waals surface area contributed by atoms with Gasteiger partial charge < -0.3 is 0 Å². The van der Waals surface area contributed by atoms with E-state index in [4.69, 9.17) is 10.7 Å². The van der Waals surface area contributed by atoms with Crippen molar-refractivity contribution in [3.05, 3.63) is 28.0 Å². The van der Waals surface area contributed by atoms with Crippen LogP contribution in [0.4, 0.5) is 17.6 Å². The van der Waals surface area contributed by atoms with Crippen LogP contribution in [0.25, 0.3) is 0 Å². The summed E-state index contributed by atoms with van der Waals surface area (Å²) < 4.78 is 70.9. The van der Waals surface area contributed by atoms with E-state index in [1.54, 1.807) is 0 Å². The number of hydrogen-bond acceptors (Lipinski definition) is 2. The van der Waals surface area contributed by atoms with Gasteiger partial charge in [-0.2, -0.15) is 13.2 Å². The van der Waals surface area contributed by atoms with Gasteiger partial charge in [-0.05, 0) is 28.1 Å². The molecule has 0 heterocycles. The minimum absolute atomic E-state index is 0.176. The third kappa shape index (κ3) is 2.86. The Labute approximate surface area is 101 Å². The van der Waals surface area contributed by atoms with Crippen molar-refractivity contribution in [1.82, 2.24) is 0 Å². The van der Waals surface area contributed by atoms with E-state index in [0.717, 1.165) is 0 Å². The van der Waals surface area contributed by atoms with Crippen molar-refractivity contribution in [2.45, 2.75) is 11.1 Å². The summed E-state index contributed by atoms with van der Waals surface area (Å²) in [5.74, 6) is -1.34. The third-order valence-corrected chi connectivity index (χ3v) is 4.03. The van der Waals surface area contributed by atoms with E-state index in [2.05, 4.69) is 15.9 Å². The second-order valence-corrected chi connectivity index (χ2v) is 6.03. The van der Waals surface area contributed by atoms with Gasteiger partial charge in [-0.1, -0.05) is 0 Å². The van der Waals surface area contributed by atoms with Crippen LogP contribution in [-0.4, -0.2) is 8.42 Å². The molecule has 0 saturated heterocycles. The quantitative estimate of drug-likeness (QED) is 0.578. The van der Waals surface area contributed by atoms with Gasteiger partial charge in [0.15, 0.2) is 0 Å². The molecule has 0 aromatic heterocycles. The van der Waals surface area contributed by atoms with Crippen molar-refractivity contribution >= 4 is 35.7 Å². The van der Waals surface area contributed by atoms with Crippen LogP contribution < -0.4 is 0 Å². The summed E-state index contributed by atoms with van der Waals surface area (Å²) in [5, 5.41) is 0. The van der Waals surface area contributed by atoms with E-state index in [0.29, 0.717) is 6.07 Å².